The van der Waals surface area contributed by atoms with Crippen molar-refractivity contribution in [2.75, 3.05) is 26.3 Å². The number of piperidine rings is 1. The van der Waals surface area contributed by atoms with Crippen LogP contribution >= 0.6 is 24.2 Å². The summed E-state index contributed by atoms with van der Waals surface area (Å²) in [6.45, 7) is 6.10. The van der Waals surface area contributed by atoms with Crippen LogP contribution in [-0.2, 0) is 28.7 Å². The van der Waals surface area contributed by atoms with Crippen LogP contribution in [-0.4, -0.2) is 69.1 Å². The summed E-state index contributed by atoms with van der Waals surface area (Å²) in [5, 5.41) is 4.36. The lowest BCUT2D eigenvalue weighted by Crippen LogP contribution is -2.43. The molecule has 2 heterocycles. The normalized spacial score (nSPS) is 19.4. The highest BCUT2D eigenvalue weighted by Gasteiger charge is 2.41. The zero-order valence-electron chi connectivity index (χ0n) is 24.0. The quantitative estimate of drug-likeness (QED) is 0.304. The number of carbonyl (C=O) groups excluding carboxylic acids is 4. The number of esters is 2. The zero-order valence-corrected chi connectivity index (χ0v) is 25.6. The SMILES string of the molecule is CCOC(=O)CC(C(=O)OCC)n1ccc(/C=C2/CN(C(C(=O)C3CC3)c3ccccc3F)CCC2SC(C)=O)n1.Cl. The summed E-state index contributed by atoms with van der Waals surface area (Å²) in [7, 11) is 0. The van der Waals surface area contributed by atoms with Gasteiger partial charge < -0.3 is 9.47 Å². The van der Waals surface area contributed by atoms with E-state index < -0.39 is 29.8 Å². The van der Waals surface area contributed by atoms with Crippen LogP contribution in [0.2, 0.25) is 0 Å². The van der Waals surface area contributed by atoms with E-state index in [1.54, 1.807) is 44.3 Å². The van der Waals surface area contributed by atoms with Crippen molar-refractivity contribution in [1.82, 2.24) is 14.7 Å². The van der Waals surface area contributed by atoms with Crippen LogP contribution in [0.4, 0.5) is 4.39 Å². The number of carbonyl (C=O) groups is 4. The Morgan fingerprint density at radius 2 is 1.81 bits per heavy atom. The Labute approximate surface area is 255 Å². The molecule has 4 rings (SSSR count). The van der Waals surface area contributed by atoms with Crippen LogP contribution in [0.1, 0.15) is 69.8 Å². The first-order valence-corrected chi connectivity index (χ1v) is 14.9. The minimum absolute atomic E-state index is 0. The molecule has 1 saturated carbocycles. The minimum atomic E-state index is -0.993. The van der Waals surface area contributed by atoms with Gasteiger partial charge in [-0.15, -0.1) is 12.4 Å². The number of thioether (sulfide) groups is 1. The Hall–Kier alpha value is -3.02. The Bertz CT molecular complexity index is 1310. The summed E-state index contributed by atoms with van der Waals surface area (Å²) >= 11 is 1.22. The van der Waals surface area contributed by atoms with Gasteiger partial charge in [-0.1, -0.05) is 30.0 Å². The van der Waals surface area contributed by atoms with Gasteiger partial charge in [0.15, 0.2) is 16.9 Å². The van der Waals surface area contributed by atoms with Gasteiger partial charge in [0.25, 0.3) is 0 Å². The standard InChI is InChI=1S/C30H36FN3O6S.ClH/c1-4-39-27(36)17-25(30(38)40-5-2)34-15-12-22(32-34)16-21-18-33(14-13-26(21)41-19(3)35)28(29(37)20-10-11-20)23-8-6-7-9-24(23)31;/h6-9,12,15-16,20,25-26,28H,4-5,10-11,13-14,17-18H2,1-3H3;1H/b21-16-;. The molecule has 0 bridgehead atoms. The Balaban J connectivity index is 0.00000484. The summed E-state index contributed by atoms with van der Waals surface area (Å²) in [6, 6.07) is 6.40. The second kappa shape index (κ2) is 15.5. The van der Waals surface area contributed by atoms with E-state index in [2.05, 4.69) is 5.10 Å². The van der Waals surface area contributed by atoms with E-state index in [9.17, 15) is 23.6 Å². The number of likely N-dealkylation sites (tertiary alicyclic amines) is 1. The van der Waals surface area contributed by atoms with Crippen LogP contribution in [0.3, 0.4) is 0 Å². The molecule has 2 aliphatic rings. The Morgan fingerprint density at radius 1 is 1.10 bits per heavy atom. The average Bonchev–Trinajstić information content (AvgIpc) is 3.69. The lowest BCUT2D eigenvalue weighted by Gasteiger charge is -2.38. The number of aromatic nitrogens is 2. The molecule has 1 aliphatic carbocycles. The van der Waals surface area contributed by atoms with E-state index in [1.807, 2.05) is 11.0 Å². The number of ether oxygens (including phenoxy) is 2. The minimum Gasteiger partial charge on any atom is -0.466 e. The summed E-state index contributed by atoms with van der Waals surface area (Å²) in [4.78, 5) is 52.3. The highest BCUT2D eigenvalue weighted by molar-refractivity contribution is 8.14. The average molecular weight is 622 g/mol. The van der Waals surface area contributed by atoms with Crippen molar-refractivity contribution in [2.24, 2.45) is 5.92 Å². The van der Waals surface area contributed by atoms with E-state index in [0.29, 0.717) is 30.8 Å². The maximum Gasteiger partial charge on any atom is 0.331 e. The molecule has 0 spiro atoms. The van der Waals surface area contributed by atoms with Crippen LogP contribution in [0.5, 0.6) is 0 Å². The monoisotopic (exact) mass is 621 g/mol. The number of halogens is 2. The summed E-state index contributed by atoms with van der Waals surface area (Å²) in [5.41, 5.74) is 1.75. The maximum atomic E-state index is 14.9. The van der Waals surface area contributed by atoms with Gasteiger partial charge in [0, 0.05) is 42.9 Å². The molecular weight excluding hydrogens is 585 g/mol. The second-order valence-corrected chi connectivity index (χ2v) is 11.6. The first-order chi connectivity index (χ1) is 19.7. The van der Waals surface area contributed by atoms with Crippen molar-refractivity contribution in [3.63, 3.8) is 0 Å². The van der Waals surface area contributed by atoms with Crippen molar-refractivity contribution in [3.05, 3.63) is 59.2 Å². The van der Waals surface area contributed by atoms with E-state index >= 15 is 0 Å². The van der Waals surface area contributed by atoms with E-state index in [-0.39, 0.29) is 54.1 Å². The topological polar surface area (TPSA) is 108 Å². The lowest BCUT2D eigenvalue weighted by atomic mass is 9.93. The van der Waals surface area contributed by atoms with Gasteiger partial charge in [0.1, 0.15) is 5.82 Å². The van der Waals surface area contributed by atoms with Crippen molar-refractivity contribution >= 4 is 53.1 Å². The lowest BCUT2D eigenvalue weighted by molar-refractivity contribution is -0.154. The molecule has 1 aliphatic heterocycles. The van der Waals surface area contributed by atoms with Gasteiger partial charge in [-0.05, 0) is 56.9 Å². The fourth-order valence-electron chi connectivity index (χ4n) is 5.09. The molecule has 42 heavy (non-hydrogen) atoms. The van der Waals surface area contributed by atoms with Crippen LogP contribution in [0.15, 0.2) is 42.1 Å². The highest BCUT2D eigenvalue weighted by atomic mass is 35.5. The molecular formula is C30H37ClFN3O6S. The molecule has 9 nitrogen and oxygen atoms in total. The van der Waals surface area contributed by atoms with E-state index in [0.717, 1.165) is 18.4 Å². The van der Waals surface area contributed by atoms with Gasteiger partial charge >= 0.3 is 11.9 Å². The molecule has 1 aromatic heterocycles. The van der Waals surface area contributed by atoms with Crippen LogP contribution in [0, 0.1) is 11.7 Å². The van der Waals surface area contributed by atoms with Gasteiger partial charge in [0.2, 0.25) is 0 Å². The summed E-state index contributed by atoms with van der Waals surface area (Å²) in [5.74, 6) is -1.59. The van der Waals surface area contributed by atoms with Gasteiger partial charge in [0.05, 0.1) is 31.4 Å². The second-order valence-electron chi connectivity index (χ2n) is 10.2. The van der Waals surface area contributed by atoms with Crippen molar-refractivity contribution in [3.8, 4) is 0 Å². The fourth-order valence-corrected chi connectivity index (χ4v) is 6.01. The largest absolute Gasteiger partial charge is 0.466 e. The van der Waals surface area contributed by atoms with Crippen molar-refractivity contribution in [1.29, 1.82) is 0 Å². The van der Waals surface area contributed by atoms with Gasteiger partial charge in [-0.3, -0.25) is 24.0 Å². The highest BCUT2D eigenvalue weighted by Crippen LogP contribution is 2.40. The predicted molar refractivity (Wildman–Crippen MR) is 159 cm³/mol. The van der Waals surface area contributed by atoms with Crippen molar-refractivity contribution < 1.29 is 33.0 Å². The van der Waals surface area contributed by atoms with Gasteiger partial charge in [-0.2, -0.15) is 5.10 Å². The van der Waals surface area contributed by atoms with E-state index in [4.69, 9.17) is 9.47 Å². The summed E-state index contributed by atoms with van der Waals surface area (Å²) in [6.07, 6.45) is 5.43. The third kappa shape index (κ3) is 8.52. The van der Waals surface area contributed by atoms with Crippen LogP contribution < -0.4 is 0 Å². The third-order valence-electron chi connectivity index (χ3n) is 7.11. The molecule has 228 valence electrons. The maximum absolute atomic E-state index is 14.9. The van der Waals surface area contributed by atoms with Crippen molar-refractivity contribution in [2.45, 2.75) is 63.8 Å². The molecule has 3 unspecified atom stereocenters. The number of nitrogens with zero attached hydrogens (tertiary/aromatic N) is 3. The van der Waals surface area contributed by atoms with E-state index in [1.165, 1.54) is 29.4 Å². The zero-order chi connectivity index (χ0) is 29.5. The molecule has 2 fully saturated rings. The first-order valence-electron chi connectivity index (χ1n) is 14.0. The number of Topliss-reactive ketones (excluding diaryl/α,β-unsaturated/α-hetero) is 1. The number of rotatable bonds is 12. The molecule has 0 N–H and O–H groups in total. The molecule has 1 saturated heterocycles. The molecule has 0 radical (unpaired) electrons. The number of benzene rings is 1. The first kappa shape index (κ1) is 33.5. The third-order valence-corrected chi connectivity index (χ3v) is 8.26. The number of ketones is 1. The Kier molecular flexibility index (Phi) is 12.3. The number of hydrogen-bond acceptors (Lipinski definition) is 9. The molecule has 12 heteroatoms. The van der Waals surface area contributed by atoms with Gasteiger partial charge in [-0.25, -0.2) is 9.18 Å². The molecule has 3 atom stereocenters. The fraction of sp³-hybridized carbons (Fsp3) is 0.500. The Morgan fingerprint density at radius 3 is 2.45 bits per heavy atom. The number of hydrogen-bond donors (Lipinski definition) is 0. The van der Waals surface area contributed by atoms with Crippen LogP contribution in [0.25, 0.3) is 6.08 Å². The summed E-state index contributed by atoms with van der Waals surface area (Å²) < 4.78 is 26.5. The predicted octanol–water partition coefficient (Wildman–Crippen LogP) is 4.96. The molecule has 0 amide bonds. The molecule has 1 aromatic carbocycles. The smallest absolute Gasteiger partial charge is 0.331 e. The molecule has 2 aromatic rings.